The molecule has 1 aliphatic heterocycles. The van der Waals surface area contributed by atoms with Crippen LogP contribution in [0, 0.1) is 0 Å². The maximum Gasteiger partial charge on any atom is 0.334 e. The molecule has 3 rings (SSSR count). The van der Waals surface area contributed by atoms with Crippen molar-refractivity contribution in [2.45, 2.75) is 6.10 Å². The van der Waals surface area contributed by atoms with Gasteiger partial charge >= 0.3 is 5.97 Å². The summed E-state index contributed by atoms with van der Waals surface area (Å²) >= 11 is 0. The second-order valence-corrected chi connectivity index (χ2v) is 5.69. The number of hydrogen-bond donors (Lipinski definition) is 1. The molecular formula is C19H19NO5. The van der Waals surface area contributed by atoms with Crippen LogP contribution in [0.2, 0.25) is 0 Å². The summed E-state index contributed by atoms with van der Waals surface area (Å²) in [6, 6.07) is 17.3. The Kier molecular flexibility index (Phi) is 5.30. The van der Waals surface area contributed by atoms with Gasteiger partial charge in [-0.25, -0.2) is 4.79 Å². The van der Waals surface area contributed by atoms with Crippen molar-refractivity contribution in [3.63, 3.8) is 0 Å². The summed E-state index contributed by atoms with van der Waals surface area (Å²) < 4.78 is 10.8. The number of carbonyl (C=O) groups is 2. The fraction of sp³-hybridized carbons (Fsp3) is 0.263. The van der Waals surface area contributed by atoms with Crippen LogP contribution >= 0.6 is 0 Å². The molecule has 0 aliphatic carbocycles. The number of morpholine rings is 1. The molecule has 1 N–H and O–H groups in total. The molecule has 1 saturated heterocycles. The number of rotatable bonds is 5. The van der Waals surface area contributed by atoms with Gasteiger partial charge in [-0.3, -0.25) is 4.79 Å². The average molecular weight is 341 g/mol. The Balaban J connectivity index is 1.66. The molecule has 1 heterocycles. The fourth-order valence-electron chi connectivity index (χ4n) is 2.70. The highest BCUT2D eigenvalue weighted by Gasteiger charge is 2.29. The third-order valence-electron chi connectivity index (χ3n) is 4.02. The van der Waals surface area contributed by atoms with E-state index in [9.17, 15) is 9.59 Å². The number of para-hydroxylation sites is 1. The number of amides is 1. The number of aliphatic carboxylic acids is 1. The molecule has 25 heavy (non-hydrogen) atoms. The number of hydrogen-bond acceptors (Lipinski definition) is 4. The SMILES string of the molecule is O=C(O)C1CN(C(=O)COc2ccccc2-c2ccccc2)CCO1. The van der Waals surface area contributed by atoms with Crippen LogP contribution in [0.5, 0.6) is 5.75 Å². The summed E-state index contributed by atoms with van der Waals surface area (Å²) in [4.78, 5) is 24.8. The first-order valence-corrected chi connectivity index (χ1v) is 8.04. The lowest BCUT2D eigenvalue weighted by Crippen LogP contribution is -2.49. The lowest BCUT2D eigenvalue weighted by molar-refractivity contribution is -0.159. The topological polar surface area (TPSA) is 76.1 Å². The molecule has 2 aromatic carbocycles. The van der Waals surface area contributed by atoms with E-state index in [-0.39, 0.29) is 25.7 Å². The molecule has 0 radical (unpaired) electrons. The van der Waals surface area contributed by atoms with E-state index in [1.54, 1.807) is 0 Å². The zero-order valence-electron chi connectivity index (χ0n) is 13.6. The predicted octanol–water partition coefficient (Wildman–Crippen LogP) is 2.04. The molecular weight excluding hydrogens is 322 g/mol. The van der Waals surface area contributed by atoms with Gasteiger partial charge in [-0.1, -0.05) is 48.5 Å². The van der Waals surface area contributed by atoms with Gasteiger partial charge in [-0.2, -0.15) is 0 Å². The molecule has 1 aliphatic rings. The van der Waals surface area contributed by atoms with E-state index in [0.717, 1.165) is 11.1 Å². The van der Waals surface area contributed by atoms with Crippen LogP contribution in [0.15, 0.2) is 54.6 Å². The summed E-state index contributed by atoms with van der Waals surface area (Å²) in [5.74, 6) is -0.699. The largest absolute Gasteiger partial charge is 0.483 e. The van der Waals surface area contributed by atoms with Crippen LogP contribution in [-0.2, 0) is 14.3 Å². The minimum Gasteiger partial charge on any atom is -0.483 e. The van der Waals surface area contributed by atoms with Crippen LogP contribution in [0.1, 0.15) is 0 Å². The number of carboxylic acids is 1. The van der Waals surface area contributed by atoms with Gasteiger partial charge in [0.05, 0.1) is 13.2 Å². The van der Waals surface area contributed by atoms with E-state index in [1.165, 1.54) is 4.90 Å². The van der Waals surface area contributed by atoms with E-state index in [2.05, 4.69) is 0 Å². The second kappa shape index (κ2) is 7.81. The Labute approximate surface area is 145 Å². The molecule has 0 bridgehead atoms. The number of ether oxygens (including phenoxy) is 2. The maximum atomic E-state index is 12.3. The zero-order chi connectivity index (χ0) is 17.6. The molecule has 6 heteroatoms. The molecule has 1 unspecified atom stereocenters. The molecule has 2 aromatic rings. The number of nitrogens with zero attached hydrogens (tertiary/aromatic N) is 1. The van der Waals surface area contributed by atoms with E-state index >= 15 is 0 Å². The van der Waals surface area contributed by atoms with Crippen LogP contribution in [0.4, 0.5) is 0 Å². The smallest absolute Gasteiger partial charge is 0.334 e. The Morgan fingerprint density at radius 2 is 1.84 bits per heavy atom. The summed E-state index contributed by atoms with van der Waals surface area (Å²) in [7, 11) is 0. The lowest BCUT2D eigenvalue weighted by Gasteiger charge is -2.30. The van der Waals surface area contributed by atoms with Crippen molar-refractivity contribution in [3.05, 3.63) is 54.6 Å². The summed E-state index contributed by atoms with van der Waals surface area (Å²) in [6.07, 6.45) is -0.977. The van der Waals surface area contributed by atoms with Crippen molar-refractivity contribution in [3.8, 4) is 16.9 Å². The van der Waals surface area contributed by atoms with Gasteiger partial charge in [0, 0.05) is 12.1 Å². The number of carboxylic acid groups (broad SMARTS) is 1. The van der Waals surface area contributed by atoms with Crippen molar-refractivity contribution in [2.24, 2.45) is 0 Å². The standard InChI is InChI=1S/C19H19NO5/c21-18(20-10-11-24-17(12-20)19(22)23)13-25-16-9-5-4-8-15(16)14-6-2-1-3-7-14/h1-9,17H,10-13H2,(H,22,23). The molecule has 0 spiro atoms. The quantitative estimate of drug-likeness (QED) is 0.901. The van der Waals surface area contributed by atoms with Crippen LogP contribution in [-0.4, -0.2) is 54.3 Å². The summed E-state index contributed by atoms with van der Waals surface area (Å²) in [5, 5.41) is 9.01. The minimum absolute atomic E-state index is 0.0395. The third-order valence-corrected chi connectivity index (χ3v) is 4.02. The fourth-order valence-corrected chi connectivity index (χ4v) is 2.70. The molecule has 1 atom stereocenters. The minimum atomic E-state index is -1.06. The lowest BCUT2D eigenvalue weighted by atomic mass is 10.1. The molecule has 1 fully saturated rings. The Morgan fingerprint density at radius 3 is 2.60 bits per heavy atom. The van der Waals surface area contributed by atoms with Gasteiger partial charge in [0.1, 0.15) is 5.75 Å². The highest BCUT2D eigenvalue weighted by atomic mass is 16.5. The van der Waals surface area contributed by atoms with Crippen molar-refractivity contribution in [1.29, 1.82) is 0 Å². The third kappa shape index (κ3) is 4.16. The van der Waals surface area contributed by atoms with Gasteiger partial charge in [-0.15, -0.1) is 0 Å². The van der Waals surface area contributed by atoms with E-state index in [1.807, 2.05) is 54.6 Å². The van der Waals surface area contributed by atoms with Crippen LogP contribution in [0.3, 0.4) is 0 Å². The van der Waals surface area contributed by atoms with Gasteiger partial charge in [0.15, 0.2) is 12.7 Å². The van der Waals surface area contributed by atoms with Crippen molar-refractivity contribution in [2.75, 3.05) is 26.3 Å². The van der Waals surface area contributed by atoms with E-state index < -0.39 is 12.1 Å². The van der Waals surface area contributed by atoms with Crippen molar-refractivity contribution < 1.29 is 24.2 Å². The summed E-state index contributed by atoms with van der Waals surface area (Å²) in [6.45, 7) is 0.476. The average Bonchev–Trinajstić information content (AvgIpc) is 2.67. The maximum absolute atomic E-state index is 12.3. The van der Waals surface area contributed by atoms with Crippen molar-refractivity contribution >= 4 is 11.9 Å². The van der Waals surface area contributed by atoms with Crippen LogP contribution < -0.4 is 4.74 Å². The summed E-state index contributed by atoms with van der Waals surface area (Å²) in [5.41, 5.74) is 1.91. The number of carbonyl (C=O) groups excluding carboxylic acids is 1. The van der Waals surface area contributed by atoms with Crippen LogP contribution in [0.25, 0.3) is 11.1 Å². The molecule has 0 aromatic heterocycles. The monoisotopic (exact) mass is 341 g/mol. The Morgan fingerprint density at radius 1 is 1.12 bits per heavy atom. The number of benzene rings is 2. The highest BCUT2D eigenvalue weighted by molar-refractivity contribution is 5.80. The molecule has 1 amide bonds. The van der Waals surface area contributed by atoms with E-state index in [0.29, 0.717) is 12.3 Å². The molecule has 0 saturated carbocycles. The van der Waals surface area contributed by atoms with Crippen molar-refractivity contribution in [1.82, 2.24) is 4.90 Å². The normalized spacial score (nSPS) is 17.1. The first-order chi connectivity index (χ1) is 12.1. The van der Waals surface area contributed by atoms with Gasteiger partial charge < -0.3 is 19.5 Å². The van der Waals surface area contributed by atoms with Gasteiger partial charge in [0.25, 0.3) is 5.91 Å². The first kappa shape index (κ1) is 17.0. The molecule has 130 valence electrons. The zero-order valence-corrected chi connectivity index (χ0v) is 13.6. The van der Waals surface area contributed by atoms with Gasteiger partial charge in [-0.05, 0) is 11.6 Å². The Hall–Kier alpha value is -2.86. The molecule has 6 nitrogen and oxygen atoms in total. The highest BCUT2D eigenvalue weighted by Crippen LogP contribution is 2.29. The Bertz CT molecular complexity index is 746. The first-order valence-electron chi connectivity index (χ1n) is 8.04. The predicted molar refractivity (Wildman–Crippen MR) is 91.3 cm³/mol. The van der Waals surface area contributed by atoms with Gasteiger partial charge in [0.2, 0.25) is 0 Å². The second-order valence-electron chi connectivity index (χ2n) is 5.69. The van der Waals surface area contributed by atoms with E-state index in [4.69, 9.17) is 14.6 Å².